The molecule has 148 valence electrons. The van der Waals surface area contributed by atoms with Gasteiger partial charge < -0.3 is 4.74 Å². The van der Waals surface area contributed by atoms with Gasteiger partial charge in [0.05, 0.1) is 0 Å². The summed E-state index contributed by atoms with van der Waals surface area (Å²) >= 11 is 10.8. The summed E-state index contributed by atoms with van der Waals surface area (Å²) in [6.07, 6.45) is -0.779. The Morgan fingerprint density at radius 2 is 1.66 bits per heavy atom. The first-order valence-corrected chi connectivity index (χ1v) is 9.53. The van der Waals surface area contributed by atoms with Crippen LogP contribution >= 0.6 is 23.8 Å². The molecule has 0 spiro atoms. The number of halogens is 1. The first-order valence-electron chi connectivity index (χ1n) is 8.74. The van der Waals surface area contributed by atoms with Gasteiger partial charge in [0, 0.05) is 10.6 Å². The summed E-state index contributed by atoms with van der Waals surface area (Å²) in [6.45, 7) is 1.61. The maximum absolute atomic E-state index is 12.2. The Kier molecular flexibility index (Phi) is 6.64. The van der Waals surface area contributed by atoms with E-state index < -0.39 is 17.9 Å². The van der Waals surface area contributed by atoms with Crippen molar-refractivity contribution in [1.82, 2.24) is 16.2 Å². The third kappa shape index (κ3) is 5.66. The van der Waals surface area contributed by atoms with Crippen molar-refractivity contribution in [3.63, 3.8) is 0 Å². The SMILES string of the molecule is CC(Oc1ccc2ccccc2c1)C(=O)NNC(=S)NC(=O)c1ccc(Cl)cc1. The van der Waals surface area contributed by atoms with E-state index in [1.165, 1.54) is 0 Å². The second-order valence-corrected chi connectivity index (χ2v) is 7.02. The molecule has 0 saturated heterocycles. The van der Waals surface area contributed by atoms with E-state index in [2.05, 4.69) is 16.2 Å². The summed E-state index contributed by atoms with van der Waals surface area (Å²) in [6, 6.07) is 19.8. The molecule has 3 N–H and O–H groups in total. The number of carbonyl (C=O) groups is 2. The largest absolute Gasteiger partial charge is 0.481 e. The average Bonchev–Trinajstić information content (AvgIpc) is 2.72. The predicted molar refractivity (Wildman–Crippen MR) is 117 cm³/mol. The standard InChI is InChI=1S/C21H18ClN3O3S/c1-13(28-18-11-8-14-4-2-3-5-16(14)12-18)19(26)24-25-21(29)23-20(27)15-6-9-17(22)10-7-15/h2-13H,1H3,(H,24,26)(H2,23,25,27,29). The second-order valence-electron chi connectivity index (χ2n) is 6.17. The van der Waals surface area contributed by atoms with Gasteiger partial charge in [0.2, 0.25) is 0 Å². The van der Waals surface area contributed by atoms with E-state index >= 15 is 0 Å². The van der Waals surface area contributed by atoms with E-state index in [0.717, 1.165) is 10.8 Å². The van der Waals surface area contributed by atoms with Crippen molar-refractivity contribution in [1.29, 1.82) is 0 Å². The number of carbonyl (C=O) groups excluding carboxylic acids is 2. The van der Waals surface area contributed by atoms with Crippen molar-refractivity contribution in [3.05, 3.63) is 77.3 Å². The Hall–Kier alpha value is -3.16. The molecule has 0 saturated carbocycles. The van der Waals surface area contributed by atoms with Crippen molar-refractivity contribution in [2.45, 2.75) is 13.0 Å². The van der Waals surface area contributed by atoms with Gasteiger partial charge in [0.25, 0.3) is 11.8 Å². The van der Waals surface area contributed by atoms with Gasteiger partial charge in [-0.3, -0.25) is 25.8 Å². The predicted octanol–water partition coefficient (Wildman–Crippen LogP) is 3.60. The van der Waals surface area contributed by atoms with Gasteiger partial charge in [-0.15, -0.1) is 0 Å². The molecule has 6 nitrogen and oxygen atoms in total. The van der Waals surface area contributed by atoms with Crippen LogP contribution in [0.2, 0.25) is 5.02 Å². The van der Waals surface area contributed by atoms with Crippen LogP contribution < -0.4 is 20.9 Å². The zero-order valence-corrected chi connectivity index (χ0v) is 17.0. The number of benzene rings is 3. The van der Waals surface area contributed by atoms with E-state index in [0.29, 0.717) is 16.3 Å². The first kappa shape index (κ1) is 20.6. The van der Waals surface area contributed by atoms with Crippen molar-refractivity contribution in [2.75, 3.05) is 0 Å². The molecule has 3 rings (SSSR count). The highest BCUT2D eigenvalue weighted by Crippen LogP contribution is 2.21. The number of ether oxygens (including phenoxy) is 1. The van der Waals surface area contributed by atoms with E-state index in [1.807, 2.05) is 36.4 Å². The Balaban J connectivity index is 1.49. The lowest BCUT2D eigenvalue weighted by molar-refractivity contribution is -0.127. The van der Waals surface area contributed by atoms with Crippen molar-refractivity contribution < 1.29 is 14.3 Å². The van der Waals surface area contributed by atoms with Gasteiger partial charge in [-0.05, 0) is 66.3 Å². The third-order valence-corrected chi connectivity index (χ3v) is 4.49. The fourth-order valence-electron chi connectivity index (χ4n) is 2.53. The van der Waals surface area contributed by atoms with Gasteiger partial charge in [-0.25, -0.2) is 0 Å². The molecule has 1 unspecified atom stereocenters. The lowest BCUT2D eigenvalue weighted by atomic mass is 10.1. The molecule has 0 aliphatic heterocycles. The number of nitrogens with one attached hydrogen (secondary N) is 3. The van der Waals surface area contributed by atoms with Crippen LogP contribution in [0.4, 0.5) is 0 Å². The quantitative estimate of drug-likeness (QED) is 0.438. The minimum absolute atomic E-state index is 0.0452. The highest BCUT2D eigenvalue weighted by Gasteiger charge is 2.15. The molecule has 0 radical (unpaired) electrons. The Morgan fingerprint density at radius 1 is 0.966 bits per heavy atom. The first-order chi connectivity index (χ1) is 13.9. The summed E-state index contributed by atoms with van der Waals surface area (Å²) < 4.78 is 5.68. The van der Waals surface area contributed by atoms with E-state index in [9.17, 15) is 9.59 Å². The molecular weight excluding hydrogens is 410 g/mol. The van der Waals surface area contributed by atoms with Crippen LogP contribution in [0, 0.1) is 0 Å². The van der Waals surface area contributed by atoms with Crippen LogP contribution in [0.1, 0.15) is 17.3 Å². The average molecular weight is 428 g/mol. The van der Waals surface area contributed by atoms with Crippen molar-refractivity contribution >= 4 is 51.5 Å². The lowest BCUT2D eigenvalue weighted by Gasteiger charge is -2.16. The molecule has 2 amide bonds. The Morgan fingerprint density at radius 3 is 2.38 bits per heavy atom. The molecule has 29 heavy (non-hydrogen) atoms. The maximum Gasteiger partial charge on any atom is 0.279 e. The molecule has 0 aromatic heterocycles. The topological polar surface area (TPSA) is 79.5 Å². The molecule has 0 bridgehead atoms. The Labute approximate surface area is 178 Å². The molecule has 0 heterocycles. The summed E-state index contributed by atoms with van der Waals surface area (Å²) in [5.74, 6) is -0.292. The van der Waals surface area contributed by atoms with Gasteiger partial charge in [-0.1, -0.05) is 41.9 Å². The highest BCUT2D eigenvalue weighted by molar-refractivity contribution is 7.80. The fraction of sp³-hybridized carbons (Fsp3) is 0.0952. The summed E-state index contributed by atoms with van der Waals surface area (Å²) in [5.41, 5.74) is 5.29. The second kappa shape index (κ2) is 9.36. The summed E-state index contributed by atoms with van der Waals surface area (Å²) in [4.78, 5) is 24.3. The lowest BCUT2D eigenvalue weighted by Crippen LogP contribution is -2.51. The summed E-state index contributed by atoms with van der Waals surface area (Å²) in [5, 5.41) is 5.04. The maximum atomic E-state index is 12.2. The highest BCUT2D eigenvalue weighted by atomic mass is 35.5. The van der Waals surface area contributed by atoms with Crippen molar-refractivity contribution in [3.8, 4) is 5.75 Å². The van der Waals surface area contributed by atoms with Crippen LogP contribution in [-0.4, -0.2) is 23.0 Å². The Bertz CT molecular complexity index is 1060. The number of rotatable bonds is 4. The molecule has 0 aliphatic carbocycles. The van der Waals surface area contributed by atoms with Gasteiger partial charge in [0.15, 0.2) is 11.2 Å². The molecule has 0 aliphatic rings. The van der Waals surface area contributed by atoms with Crippen LogP contribution in [0.15, 0.2) is 66.7 Å². The van der Waals surface area contributed by atoms with E-state index in [1.54, 1.807) is 37.3 Å². The minimum Gasteiger partial charge on any atom is -0.481 e. The zero-order valence-electron chi connectivity index (χ0n) is 15.4. The van der Waals surface area contributed by atoms with Crippen LogP contribution in [-0.2, 0) is 4.79 Å². The van der Waals surface area contributed by atoms with Crippen LogP contribution in [0.25, 0.3) is 10.8 Å². The van der Waals surface area contributed by atoms with Gasteiger partial charge in [0.1, 0.15) is 5.75 Å². The number of thiocarbonyl (C=S) groups is 1. The smallest absolute Gasteiger partial charge is 0.279 e. The molecular formula is C21H18ClN3O3S. The fourth-order valence-corrected chi connectivity index (χ4v) is 2.80. The number of amides is 2. The number of hydrogen-bond donors (Lipinski definition) is 3. The zero-order chi connectivity index (χ0) is 20.8. The molecule has 8 heteroatoms. The number of hydrogen-bond acceptors (Lipinski definition) is 4. The third-order valence-electron chi connectivity index (χ3n) is 4.04. The van der Waals surface area contributed by atoms with Crippen LogP contribution in [0.3, 0.4) is 0 Å². The van der Waals surface area contributed by atoms with E-state index in [-0.39, 0.29) is 5.11 Å². The molecule has 3 aromatic carbocycles. The number of fused-ring (bicyclic) bond motifs is 1. The van der Waals surface area contributed by atoms with Crippen molar-refractivity contribution in [2.24, 2.45) is 0 Å². The number of hydrazine groups is 1. The van der Waals surface area contributed by atoms with E-state index in [4.69, 9.17) is 28.6 Å². The molecule has 0 fully saturated rings. The normalized spacial score (nSPS) is 11.4. The van der Waals surface area contributed by atoms with Gasteiger partial charge >= 0.3 is 0 Å². The minimum atomic E-state index is -0.779. The van der Waals surface area contributed by atoms with Gasteiger partial charge in [-0.2, -0.15) is 0 Å². The summed E-state index contributed by atoms with van der Waals surface area (Å²) in [7, 11) is 0. The van der Waals surface area contributed by atoms with Crippen LogP contribution in [0.5, 0.6) is 5.75 Å². The monoisotopic (exact) mass is 427 g/mol. The molecule has 1 atom stereocenters. The molecule has 3 aromatic rings.